The maximum absolute atomic E-state index is 11.7. The molecule has 0 bridgehead atoms. The molecule has 1 amide bonds. The molecule has 0 saturated heterocycles. The molecule has 3 N–H and O–H groups in total. The summed E-state index contributed by atoms with van der Waals surface area (Å²) in [6.45, 7) is 0. The van der Waals surface area contributed by atoms with Crippen molar-refractivity contribution in [1.82, 2.24) is 10.2 Å². The Labute approximate surface area is 115 Å². The molecule has 19 heavy (non-hydrogen) atoms. The van der Waals surface area contributed by atoms with E-state index in [1.165, 1.54) is 0 Å². The van der Waals surface area contributed by atoms with Gasteiger partial charge in [0.2, 0.25) is 5.91 Å². The van der Waals surface area contributed by atoms with Crippen molar-refractivity contribution < 1.29 is 4.79 Å². The van der Waals surface area contributed by atoms with Gasteiger partial charge in [-0.3, -0.25) is 4.79 Å². The molecule has 0 aliphatic rings. The fourth-order valence-electron chi connectivity index (χ4n) is 1.53. The maximum Gasteiger partial charge on any atom is 0.225 e. The summed E-state index contributed by atoms with van der Waals surface area (Å²) in [5, 5.41) is 10.3. The van der Waals surface area contributed by atoms with Crippen LogP contribution < -0.4 is 11.1 Å². The molecule has 98 valence electrons. The minimum Gasteiger partial charge on any atom is -0.399 e. The van der Waals surface area contributed by atoms with Crippen molar-refractivity contribution in [3.05, 3.63) is 47.1 Å². The standard InChI is InChI=1S/C13H13ClN4O/c14-11-6-7-12(18-17-11)16-13(19)8-3-9-1-4-10(15)5-2-9/h1-2,4-7H,3,8,15H2,(H,16,18,19). The second-order valence-corrected chi connectivity index (χ2v) is 4.42. The molecule has 0 atom stereocenters. The van der Waals surface area contributed by atoms with Crippen molar-refractivity contribution >= 4 is 29.0 Å². The van der Waals surface area contributed by atoms with E-state index in [4.69, 9.17) is 17.3 Å². The first kappa shape index (κ1) is 13.3. The number of nitrogens with two attached hydrogens (primary N) is 1. The normalized spacial score (nSPS) is 10.2. The molecule has 2 rings (SSSR count). The van der Waals surface area contributed by atoms with Gasteiger partial charge in [-0.1, -0.05) is 23.7 Å². The Balaban J connectivity index is 1.84. The fraction of sp³-hybridized carbons (Fsp3) is 0.154. The minimum absolute atomic E-state index is 0.117. The summed E-state index contributed by atoms with van der Waals surface area (Å²) in [4.78, 5) is 11.7. The van der Waals surface area contributed by atoms with E-state index in [0.717, 1.165) is 5.56 Å². The Bertz CT molecular complexity index is 554. The van der Waals surface area contributed by atoms with Crippen LogP contribution in [0, 0.1) is 0 Å². The zero-order chi connectivity index (χ0) is 13.7. The number of aryl methyl sites for hydroxylation is 1. The number of anilines is 2. The van der Waals surface area contributed by atoms with Crippen molar-refractivity contribution in [2.24, 2.45) is 0 Å². The molecule has 1 aromatic carbocycles. The van der Waals surface area contributed by atoms with Crippen LogP contribution >= 0.6 is 11.6 Å². The Morgan fingerprint density at radius 2 is 1.89 bits per heavy atom. The number of rotatable bonds is 4. The number of hydrogen-bond donors (Lipinski definition) is 2. The van der Waals surface area contributed by atoms with Crippen LogP contribution in [0.4, 0.5) is 11.5 Å². The van der Waals surface area contributed by atoms with E-state index < -0.39 is 0 Å². The van der Waals surface area contributed by atoms with Gasteiger partial charge in [-0.05, 0) is 36.2 Å². The van der Waals surface area contributed by atoms with Crippen LogP contribution in [0.2, 0.25) is 5.15 Å². The quantitative estimate of drug-likeness (QED) is 0.840. The fourth-order valence-corrected chi connectivity index (χ4v) is 1.63. The summed E-state index contributed by atoms with van der Waals surface area (Å²) in [6.07, 6.45) is 1.02. The van der Waals surface area contributed by atoms with Gasteiger partial charge in [-0.25, -0.2) is 0 Å². The summed E-state index contributed by atoms with van der Waals surface area (Å²) in [5.41, 5.74) is 7.37. The number of nitrogen functional groups attached to an aromatic ring is 1. The number of halogens is 1. The first-order chi connectivity index (χ1) is 9.13. The lowest BCUT2D eigenvalue weighted by Crippen LogP contribution is -2.13. The van der Waals surface area contributed by atoms with Crippen molar-refractivity contribution in [2.75, 3.05) is 11.1 Å². The Hall–Kier alpha value is -2.14. The van der Waals surface area contributed by atoms with Crippen LogP contribution in [0.25, 0.3) is 0 Å². The van der Waals surface area contributed by atoms with Crippen LogP contribution in [0.3, 0.4) is 0 Å². The van der Waals surface area contributed by atoms with Crippen molar-refractivity contribution in [3.8, 4) is 0 Å². The number of carbonyl (C=O) groups is 1. The summed E-state index contributed by atoms with van der Waals surface area (Å²) in [5.74, 6) is 0.278. The summed E-state index contributed by atoms with van der Waals surface area (Å²) < 4.78 is 0. The number of aromatic nitrogens is 2. The SMILES string of the molecule is Nc1ccc(CCC(=O)Nc2ccc(Cl)nn2)cc1. The molecular weight excluding hydrogens is 264 g/mol. The molecular formula is C13H13ClN4O. The molecule has 0 spiro atoms. The van der Waals surface area contributed by atoms with Gasteiger partial charge in [0.05, 0.1) is 0 Å². The number of benzene rings is 1. The lowest BCUT2D eigenvalue weighted by Gasteiger charge is -2.04. The molecule has 2 aromatic rings. The highest BCUT2D eigenvalue weighted by Crippen LogP contribution is 2.09. The Kier molecular flexibility index (Phi) is 4.30. The third kappa shape index (κ3) is 4.22. The first-order valence-corrected chi connectivity index (χ1v) is 6.15. The van der Waals surface area contributed by atoms with Gasteiger partial charge in [-0.2, -0.15) is 0 Å². The van der Waals surface area contributed by atoms with Crippen LogP contribution in [-0.2, 0) is 11.2 Å². The summed E-state index contributed by atoms with van der Waals surface area (Å²) >= 11 is 5.61. The second-order valence-electron chi connectivity index (χ2n) is 4.03. The van der Waals surface area contributed by atoms with E-state index in [0.29, 0.717) is 29.5 Å². The van der Waals surface area contributed by atoms with E-state index in [1.54, 1.807) is 12.1 Å². The number of carbonyl (C=O) groups excluding carboxylic acids is 1. The van der Waals surface area contributed by atoms with Crippen LogP contribution in [0.5, 0.6) is 0 Å². The number of hydrogen-bond acceptors (Lipinski definition) is 4. The van der Waals surface area contributed by atoms with Crippen molar-refractivity contribution in [2.45, 2.75) is 12.8 Å². The van der Waals surface area contributed by atoms with E-state index in [9.17, 15) is 4.79 Å². The molecule has 6 heteroatoms. The molecule has 0 aliphatic heterocycles. The molecule has 0 unspecified atom stereocenters. The van der Waals surface area contributed by atoms with Gasteiger partial charge in [0.25, 0.3) is 0 Å². The number of amides is 1. The first-order valence-electron chi connectivity index (χ1n) is 5.77. The van der Waals surface area contributed by atoms with Gasteiger partial charge in [0.15, 0.2) is 11.0 Å². The zero-order valence-electron chi connectivity index (χ0n) is 10.1. The van der Waals surface area contributed by atoms with E-state index in [-0.39, 0.29) is 5.91 Å². The lowest BCUT2D eigenvalue weighted by molar-refractivity contribution is -0.116. The third-order valence-electron chi connectivity index (χ3n) is 2.52. The van der Waals surface area contributed by atoms with Crippen LogP contribution in [0.1, 0.15) is 12.0 Å². The molecule has 0 saturated carbocycles. The van der Waals surface area contributed by atoms with Crippen molar-refractivity contribution in [3.63, 3.8) is 0 Å². The maximum atomic E-state index is 11.7. The van der Waals surface area contributed by atoms with Gasteiger partial charge in [0.1, 0.15) is 0 Å². The topological polar surface area (TPSA) is 80.9 Å². The Morgan fingerprint density at radius 3 is 2.53 bits per heavy atom. The smallest absolute Gasteiger partial charge is 0.225 e. The molecule has 1 aromatic heterocycles. The number of nitrogens with zero attached hydrogens (tertiary/aromatic N) is 2. The van der Waals surface area contributed by atoms with E-state index >= 15 is 0 Å². The lowest BCUT2D eigenvalue weighted by atomic mass is 10.1. The van der Waals surface area contributed by atoms with Gasteiger partial charge in [-0.15, -0.1) is 10.2 Å². The van der Waals surface area contributed by atoms with Gasteiger partial charge >= 0.3 is 0 Å². The van der Waals surface area contributed by atoms with Gasteiger partial charge < -0.3 is 11.1 Å². The van der Waals surface area contributed by atoms with Crippen LogP contribution in [0.15, 0.2) is 36.4 Å². The predicted molar refractivity (Wildman–Crippen MR) is 74.8 cm³/mol. The van der Waals surface area contributed by atoms with Gasteiger partial charge in [0, 0.05) is 12.1 Å². The average Bonchev–Trinajstić information content (AvgIpc) is 2.41. The van der Waals surface area contributed by atoms with E-state index in [1.807, 2.05) is 24.3 Å². The second kappa shape index (κ2) is 6.15. The molecule has 0 radical (unpaired) electrons. The van der Waals surface area contributed by atoms with Crippen molar-refractivity contribution in [1.29, 1.82) is 0 Å². The van der Waals surface area contributed by atoms with E-state index in [2.05, 4.69) is 15.5 Å². The average molecular weight is 277 g/mol. The van der Waals surface area contributed by atoms with Crippen LogP contribution in [-0.4, -0.2) is 16.1 Å². The highest BCUT2D eigenvalue weighted by Gasteiger charge is 2.04. The largest absolute Gasteiger partial charge is 0.399 e. The molecule has 1 heterocycles. The number of nitrogens with one attached hydrogen (secondary N) is 1. The Morgan fingerprint density at radius 1 is 1.16 bits per heavy atom. The monoisotopic (exact) mass is 276 g/mol. The third-order valence-corrected chi connectivity index (χ3v) is 2.72. The highest BCUT2D eigenvalue weighted by molar-refractivity contribution is 6.29. The molecule has 0 fully saturated rings. The highest BCUT2D eigenvalue weighted by atomic mass is 35.5. The summed E-state index contributed by atoms with van der Waals surface area (Å²) in [7, 11) is 0. The molecule has 0 aliphatic carbocycles. The predicted octanol–water partition coefficient (Wildman–Crippen LogP) is 2.28. The molecule has 5 nitrogen and oxygen atoms in total. The zero-order valence-corrected chi connectivity index (χ0v) is 10.9. The summed E-state index contributed by atoms with van der Waals surface area (Å²) in [6, 6.07) is 10.6. The minimum atomic E-state index is -0.117.